The number of thiol groups is 1. The van der Waals surface area contributed by atoms with Crippen molar-refractivity contribution in [3.05, 3.63) is 0 Å². The summed E-state index contributed by atoms with van der Waals surface area (Å²) in [5, 5.41) is 8.15. The van der Waals surface area contributed by atoms with Crippen molar-refractivity contribution < 1.29 is 22.9 Å². The molecule has 0 heterocycles. The molecule has 3 nitrogen and oxygen atoms in total. The van der Waals surface area contributed by atoms with Crippen LogP contribution in [0.25, 0.3) is 0 Å². The van der Waals surface area contributed by atoms with E-state index in [9.17, 15) is 4.79 Å². The van der Waals surface area contributed by atoms with Crippen molar-refractivity contribution in [3.8, 4) is 0 Å². The van der Waals surface area contributed by atoms with E-state index in [1.54, 1.807) is 0 Å². The van der Waals surface area contributed by atoms with E-state index >= 15 is 0 Å². The molecule has 0 aliphatic heterocycles. The molecular formula is C4H9Cl3NO2RhS. The fraction of sp³-hybridized carbons (Fsp3) is 0.750. The van der Waals surface area contributed by atoms with Crippen molar-refractivity contribution in [2.45, 2.75) is 12.5 Å². The molecule has 0 unspecified atom stereocenters. The SMILES string of the molecule is N[C@H](CCS)C(=O)O.[Cl][Rh]([Cl])[Cl]. The Bertz CT molecular complexity index is 126. The zero-order valence-electron chi connectivity index (χ0n) is 5.84. The Labute approximate surface area is 94.0 Å². The molecular weight excluding hydrogens is 335 g/mol. The molecule has 0 radical (unpaired) electrons. The normalized spacial score (nSPS) is 12.6. The van der Waals surface area contributed by atoms with Gasteiger partial charge in [-0.25, -0.2) is 0 Å². The van der Waals surface area contributed by atoms with Crippen LogP contribution in [0.3, 0.4) is 0 Å². The summed E-state index contributed by atoms with van der Waals surface area (Å²) in [4.78, 5) is 9.93. The van der Waals surface area contributed by atoms with Gasteiger partial charge in [-0.3, -0.25) is 4.79 Å². The molecule has 0 saturated carbocycles. The minimum atomic E-state index is -1.66. The molecule has 1 atom stereocenters. The number of rotatable bonds is 3. The third kappa shape index (κ3) is 17.4. The van der Waals surface area contributed by atoms with Gasteiger partial charge in [0, 0.05) is 0 Å². The van der Waals surface area contributed by atoms with Gasteiger partial charge in [-0.15, -0.1) is 0 Å². The van der Waals surface area contributed by atoms with Crippen molar-refractivity contribution in [1.29, 1.82) is 0 Å². The quantitative estimate of drug-likeness (QED) is 0.540. The standard InChI is InChI=1S/C4H9NO2S.3ClH.Rh/c5-3(1-2-8)4(6)7;;;;/h3,8H,1-2,5H2,(H,6,7);3*1H;/q;;;;+3/p-3/t3-;;;;/m1..../s1. The van der Waals surface area contributed by atoms with Crippen LogP contribution < -0.4 is 5.73 Å². The second-order valence-corrected chi connectivity index (χ2v) is 9.51. The van der Waals surface area contributed by atoms with Crippen LogP contribution in [0.4, 0.5) is 0 Å². The Morgan fingerprint density at radius 2 is 1.92 bits per heavy atom. The average Bonchev–Trinajstić information content (AvgIpc) is 1.86. The number of nitrogens with two attached hydrogens (primary N) is 1. The summed E-state index contributed by atoms with van der Waals surface area (Å²) < 4.78 is 0. The van der Waals surface area contributed by atoms with Crippen LogP contribution in [0.1, 0.15) is 6.42 Å². The molecule has 0 aliphatic carbocycles. The summed E-state index contributed by atoms with van der Waals surface area (Å²) in [6.07, 6.45) is 0.429. The maximum atomic E-state index is 9.93. The monoisotopic (exact) mass is 343 g/mol. The van der Waals surface area contributed by atoms with Crippen molar-refractivity contribution >= 4 is 47.7 Å². The number of hydrogen-bond donors (Lipinski definition) is 3. The Morgan fingerprint density at radius 1 is 1.58 bits per heavy atom. The number of carboxylic acids is 1. The van der Waals surface area contributed by atoms with E-state index in [2.05, 4.69) is 12.6 Å². The van der Waals surface area contributed by atoms with Gasteiger partial charge in [-0.2, -0.15) is 12.6 Å². The van der Waals surface area contributed by atoms with Gasteiger partial charge in [0.2, 0.25) is 0 Å². The molecule has 0 bridgehead atoms. The zero-order chi connectivity index (χ0) is 10.1. The molecule has 0 amide bonds. The van der Waals surface area contributed by atoms with Crippen molar-refractivity contribution in [2.75, 3.05) is 5.75 Å². The van der Waals surface area contributed by atoms with Crippen LogP contribution in [0.5, 0.6) is 0 Å². The van der Waals surface area contributed by atoms with Gasteiger partial charge < -0.3 is 10.8 Å². The molecule has 0 fully saturated rings. The van der Waals surface area contributed by atoms with E-state index in [-0.39, 0.29) is 0 Å². The van der Waals surface area contributed by atoms with Crippen LogP contribution in [0, 0.1) is 0 Å². The van der Waals surface area contributed by atoms with Crippen molar-refractivity contribution in [2.24, 2.45) is 5.73 Å². The maximum absolute atomic E-state index is 9.93. The molecule has 0 aliphatic rings. The molecule has 78 valence electrons. The van der Waals surface area contributed by atoms with Crippen LogP contribution >= 0.6 is 41.7 Å². The summed E-state index contributed by atoms with van der Waals surface area (Å²) in [5.41, 5.74) is 5.08. The first-order valence-corrected chi connectivity index (χ1v) is 9.61. The summed E-state index contributed by atoms with van der Waals surface area (Å²) in [6.45, 7) is 0. The van der Waals surface area contributed by atoms with Crippen LogP contribution in [0.15, 0.2) is 0 Å². The van der Waals surface area contributed by atoms with Crippen LogP contribution in [-0.4, -0.2) is 22.9 Å². The molecule has 0 aromatic heterocycles. The van der Waals surface area contributed by atoms with Crippen LogP contribution in [0.2, 0.25) is 0 Å². The number of aliphatic carboxylic acids is 1. The molecule has 0 spiro atoms. The topological polar surface area (TPSA) is 63.3 Å². The Kier molecular flexibility index (Phi) is 13.6. The van der Waals surface area contributed by atoms with E-state index in [1.165, 1.54) is 0 Å². The number of carboxylic acid groups (broad SMARTS) is 1. The van der Waals surface area contributed by atoms with Gasteiger partial charge in [-0.05, 0) is 12.2 Å². The van der Waals surface area contributed by atoms with Gasteiger partial charge in [0.05, 0.1) is 0 Å². The van der Waals surface area contributed by atoms with Gasteiger partial charge in [0.15, 0.2) is 0 Å². The number of halogens is 3. The average molecular weight is 344 g/mol. The van der Waals surface area contributed by atoms with Crippen LogP contribution in [-0.2, 0) is 17.8 Å². The third-order valence-electron chi connectivity index (χ3n) is 0.757. The molecule has 0 aromatic rings. The van der Waals surface area contributed by atoms with Gasteiger partial charge >= 0.3 is 48.0 Å². The van der Waals surface area contributed by atoms with E-state index < -0.39 is 25.0 Å². The van der Waals surface area contributed by atoms with Gasteiger partial charge in [0.25, 0.3) is 0 Å². The first kappa shape index (κ1) is 15.7. The molecule has 0 aromatic carbocycles. The number of carbonyl (C=O) groups is 1. The van der Waals surface area contributed by atoms with E-state index in [1.807, 2.05) is 0 Å². The van der Waals surface area contributed by atoms with Crippen molar-refractivity contribution in [1.82, 2.24) is 0 Å². The summed E-state index contributed by atoms with van der Waals surface area (Å²) in [7, 11) is 14.8. The summed E-state index contributed by atoms with van der Waals surface area (Å²) >= 11 is 2.15. The summed E-state index contributed by atoms with van der Waals surface area (Å²) in [5.74, 6) is -0.438. The fourth-order valence-electron chi connectivity index (χ4n) is 0.263. The predicted molar refractivity (Wildman–Crippen MR) is 51.6 cm³/mol. The second kappa shape index (κ2) is 10.4. The first-order chi connectivity index (χ1) is 5.41. The van der Waals surface area contributed by atoms with Gasteiger partial charge in [0.1, 0.15) is 6.04 Å². The molecule has 3 N–H and O–H groups in total. The Morgan fingerprint density at radius 3 is 2.00 bits per heavy atom. The second-order valence-electron chi connectivity index (χ2n) is 1.60. The molecule has 0 saturated heterocycles. The minimum absolute atomic E-state index is 0.429. The van der Waals surface area contributed by atoms with Crippen molar-refractivity contribution in [3.63, 3.8) is 0 Å². The molecule has 8 heteroatoms. The predicted octanol–water partition coefficient (Wildman–Crippen LogP) is 1.78. The Hall–Kier alpha value is 1.27. The summed E-state index contributed by atoms with van der Waals surface area (Å²) in [6, 6.07) is -0.743. The molecule has 12 heavy (non-hydrogen) atoms. The number of hydrogen-bond acceptors (Lipinski definition) is 3. The van der Waals surface area contributed by atoms with E-state index in [4.69, 9.17) is 39.9 Å². The first-order valence-electron chi connectivity index (χ1n) is 2.65. The van der Waals surface area contributed by atoms with E-state index in [0.717, 1.165) is 0 Å². The zero-order valence-corrected chi connectivity index (χ0v) is 10.6. The molecule has 0 rings (SSSR count). The van der Waals surface area contributed by atoms with Gasteiger partial charge in [-0.1, -0.05) is 0 Å². The fourth-order valence-corrected chi connectivity index (χ4v) is 0.541. The van der Waals surface area contributed by atoms with E-state index in [0.29, 0.717) is 12.2 Å². The Balaban J connectivity index is 0. The third-order valence-corrected chi connectivity index (χ3v) is 1.02.